The second kappa shape index (κ2) is 4.78. The fourth-order valence-corrected chi connectivity index (χ4v) is 1.46. The number of nitriles is 1. The third-order valence-electron chi connectivity index (χ3n) is 2.55. The van der Waals surface area contributed by atoms with E-state index in [0.29, 0.717) is 0 Å². The number of nitrogens with zero attached hydrogens (tertiary/aromatic N) is 1. The van der Waals surface area contributed by atoms with Gasteiger partial charge in [0.1, 0.15) is 0 Å². The summed E-state index contributed by atoms with van der Waals surface area (Å²) in [6, 6.07) is 11.8. The first-order chi connectivity index (χ1) is 6.66. The molecule has 0 aliphatic carbocycles. The Morgan fingerprint density at radius 1 is 1.21 bits per heavy atom. The Morgan fingerprint density at radius 2 is 1.79 bits per heavy atom. The molecule has 74 valence electrons. The van der Waals surface area contributed by atoms with Crippen molar-refractivity contribution in [3.8, 4) is 6.07 Å². The van der Waals surface area contributed by atoms with Crippen LogP contribution in [-0.4, -0.2) is 11.2 Å². The van der Waals surface area contributed by atoms with Crippen molar-refractivity contribution in [1.82, 2.24) is 0 Å². The molecule has 0 heterocycles. The molecule has 0 radical (unpaired) electrons. The van der Waals surface area contributed by atoms with E-state index in [1.165, 1.54) is 0 Å². The first-order valence-corrected chi connectivity index (χ1v) is 4.79. The van der Waals surface area contributed by atoms with Gasteiger partial charge < -0.3 is 5.11 Å². The molecule has 1 aromatic rings. The zero-order valence-corrected chi connectivity index (χ0v) is 8.51. The quantitative estimate of drug-likeness (QED) is 0.793. The van der Waals surface area contributed by atoms with Gasteiger partial charge in [-0.2, -0.15) is 5.26 Å². The van der Waals surface area contributed by atoms with Crippen LogP contribution in [0.3, 0.4) is 0 Å². The summed E-state index contributed by atoms with van der Waals surface area (Å²) in [7, 11) is 0. The van der Waals surface area contributed by atoms with Crippen molar-refractivity contribution >= 4 is 0 Å². The van der Waals surface area contributed by atoms with Crippen molar-refractivity contribution in [1.29, 1.82) is 5.26 Å². The van der Waals surface area contributed by atoms with Crippen molar-refractivity contribution in [3.63, 3.8) is 0 Å². The molecule has 0 saturated carbocycles. The van der Waals surface area contributed by atoms with Crippen LogP contribution in [0.1, 0.15) is 25.3 Å². The molecule has 0 aliphatic heterocycles. The normalized spacial score (nSPS) is 16.7. The average Bonchev–Trinajstić information content (AvgIpc) is 2.27. The summed E-state index contributed by atoms with van der Waals surface area (Å²) in [6.07, 6.45) is -0.595. The highest BCUT2D eigenvalue weighted by molar-refractivity contribution is 5.20. The van der Waals surface area contributed by atoms with Gasteiger partial charge in [-0.25, -0.2) is 0 Å². The van der Waals surface area contributed by atoms with Gasteiger partial charge in [-0.05, 0) is 12.5 Å². The Labute approximate surface area is 84.8 Å². The monoisotopic (exact) mass is 189 g/mol. The average molecular weight is 189 g/mol. The molecule has 0 saturated heterocycles. The highest BCUT2D eigenvalue weighted by atomic mass is 16.3. The summed E-state index contributed by atoms with van der Waals surface area (Å²) < 4.78 is 0. The molecule has 14 heavy (non-hydrogen) atoms. The minimum absolute atomic E-state index is 0.00542. The molecule has 2 heteroatoms. The van der Waals surface area contributed by atoms with Gasteiger partial charge in [0.05, 0.1) is 18.1 Å². The Kier molecular flexibility index (Phi) is 3.67. The summed E-state index contributed by atoms with van der Waals surface area (Å²) >= 11 is 0. The Bertz CT molecular complexity index is 315. The van der Waals surface area contributed by atoms with Crippen molar-refractivity contribution in [3.05, 3.63) is 35.9 Å². The fraction of sp³-hybridized carbons (Fsp3) is 0.417. The van der Waals surface area contributed by atoms with Crippen LogP contribution in [0.25, 0.3) is 0 Å². The van der Waals surface area contributed by atoms with Gasteiger partial charge in [-0.3, -0.25) is 0 Å². The van der Waals surface area contributed by atoms with Crippen LogP contribution in [0, 0.1) is 17.2 Å². The van der Waals surface area contributed by atoms with E-state index >= 15 is 0 Å². The Hall–Kier alpha value is -1.33. The van der Waals surface area contributed by atoms with E-state index < -0.39 is 6.10 Å². The van der Waals surface area contributed by atoms with Crippen molar-refractivity contribution in [2.24, 2.45) is 5.92 Å². The van der Waals surface area contributed by atoms with Crippen LogP contribution in [0.4, 0.5) is 0 Å². The number of rotatable bonds is 3. The second-order valence-electron chi connectivity index (χ2n) is 3.61. The van der Waals surface area contributed by atoms with Gasteiger partial charge in [-0.1, -0.05) is 37.3 Å². The summed E-state index contributed by atoms with van der Waals surface area (Å²) in [4.78, 5) is 0. The zero-order valence-electron chi connectivity index (χ0n) is 8.51. The molecule has 0 aromatic heterocycles. The van der Waals surface area contributed by atoms with Gasteiger partial charge >= 0.3 is 0 Å². The van der Waals surface area contributed by atoms with Gasteiger partial charge in [-0.15, -0.1) is 0 Å². The van der Waals surface area contributed by atoms with Gasteiger partial charge in [0, 0.05) is 5.92 Å². The Balaban J connectivity index is 2.76. The minimum Gasteiger partial charge on any atom is -0.391 e. The van der Waals surface area contributed by atoms with E-state index in [1.54, 1.807) is 6.92 Å². The molecule has 3 unspecified atom stereocenters. The lowest BCUT2D eigenvalue weighted by Crippen LogP contribution is -2.22. The third-order valence-corrected chi connectivity index (χ3v) is 2.55. The number of benzene rings is 1. The van der Waals surface area contributed by atoms with E-state index in [4.69, 9.17) is 5.26 Å². The van der Waals surface area contributed by atoms with Crippen LogP contribution in [0.15, 0.2) is 30.3 Å². The first-order valence-electron chi connectivity index (χ1n) is 4.79. The van der Waals surface area contributed by atoms with E-state index in [2.05, 4.69) is 6.07 Å². The number of aliphatic hydroxyl groups excluding tert-OH is 1. The number of aliphatic hydroxyl groups is 1. The van der Waals surface area contributed by atoms with Gasteiger partial charge in [0.25, 0.3) is 0 Å². The summed E-state index contributed by atoms with van der Waals surface area (Å²) in [5.41, 5.74) is 1.07. The lowest BCUT2D eigenvalue weighted by atomic mass is 9.89. The van der Waals surface area contributed by atoms with E-state index in [-0.39, 0.29) is 11.8 Å². The lowest BCUT2D eigenvalue weighted by Gasteiger charge is -2.20. The number of hydrogen-bond acceptors (Lipinski definition) is 2. The van der Waals surface area contributed by atoms with E-state index in [1.807, 2.05) is 37.3 Å². The van der Waals surface area contributed by atoms with Crippen LogP contribution < -0.4 is 0 Å². The van der Waals surface area contributed by atoms with Crippen molar-refractivity contribution in [2.75, 3.05) is 0 Å². The molecule has 2 nitrogen and oxygen atoms in total. The molecule has 0 spiro atoms. The summed E-state index contributed by atoms with van der Waals surface area (Å²) in [6.45, 7) is 3.68. The fourth-order valence-electron chi connectivity index (χ4n) is 1.46. The Morgan fingerprint density at radius 3 is 2.29 bits per heavy atom. The largest absolute Gasteiger partial charge is 0.391 e. The maximum atomic E-state index is 9.82. The molecule has 3 atom stereocenters. The first kappa shape index (κ1) is 10.7. The smallest absolute Gasteiger partial charge is 0.0761 e. The van der Waals surface area contributed by atoms with Crippen LogP contribution >= 0.6 is 0 Å². The molecule has 0 fully saturated rings. The van der Waals surface area contributed by atoms with Crippen LogP contribution in [0.2, 0.25) is 0 Å². The predicted molar refractivity (Wildman–Crippen MR) is 55.6 cm³/mol. The van der Waals surface area contributed by atoms with Crippen LogP contribution in [0.5, 0.6) is 0 Å². The highest BCUT2D eigenvalue weighted by Crippen LogP contribution is 2.23. The molecule has 1 N–H and O–H groups in total. The molecule has 0 aliphatic rings. The summed E-state index contributed by atoms with van der Waals surface area (Å²) in [5.74, 6) is -0.323. The van der Waals surface area contributed by atoms with Gasteiger partial charge in [0.15, 0.2) is 0 Å². The van der Waals surface area contributed by atoms with E-state index in [9.17, 15) is 5.11 Å². The number of hydrogen-bond donors (Lipinski definition) is 1. The topological polar surface area (TPSA) is 44.0 Å². The molecular formula is C12H15NO. The SMILES string of the molecule is CC(C#N)C(O)C(C)c1ccccc1. The van der Waals surface area contributed by atoms with Gasteiger partial charge in [0.2, 0.25) is 0 Å². The minimum atomic E-state index is -0.595. The maximum absolute atomic E-state index is 9.82. The summed E-state index contributed by atoms with van der Waals surface area (Å²) in [5, 5.41) is 18.5. The molecule has 1 rings (SSSR count). The van der Waals surface area contributed by atoms with E-state index in [0.717, 1.165) is 5.56 Å². The van der Waals surface area contributed by atoms with Crippen LogP contribution in [-0.2, 0) is 0 Å². The molecular weight excluding hydrogens is 174 g/mol. The highest BCUT2D eigenvalue weighted by Gasteiger charge is 2.21. The third kappa shape index (κ3) is 2.34. The lowest BCUT2D eigenvalue weighted by molar-refractivity contribution is 0.116. The molecule has 0 amide bonds. The second-order valence-corrected chi connectivity index (χ2v) is 3.61. The zero-order chi connectivity index (χ0) is 10.6. The maximum Gasteiger partial charge on any atom is 0.0761 e. The van der Waals surface area contributed by atoms with Crippen molar-refractivity contribution < 1.29 is 5.11 Å². The molecule has 1 aromatic carbocycles. The predicted octanol–water partition coefficient (Wildman–Crippen LogP) is 2.31. The standard InChI is InChI=1S/C12H15NO/c1-9(8-13)12(14)10(2)11-6-4-3-5-7-11/h3-7,9-10,12,14H,1-2H3. The molecule has 0 bridgehead atoms. The van der Waals surface area contributed by atoms with Crippen molar-refractivity contribution in [2.45, 2.75) is 25.9 Å².